The minimum atomic E-state index is -1.87. The van der Waals surface area contributed by atoms with E-state index in [1.54, 1.807) is 0 Å². The van der Waals surface area contributed by atoms with Crippen molar-refractivity contribution < 1.29 is 78.9 Å². The molecule has 2 heterocycles. The maximum Gasteiger partial charge on any atom is 0.330 e. The normalized spacial score (nSPS) is 28.0. The van der Waals surface area contributed by atoms with E-state index in [0.717, 1.165) is 12.1 Å². The van der Waals surface area contributed by atoms with Crippen LogP contribution in [0.25, 0.3) is 28.4 Å². The monoisotopic (exact) mass is 782 g/mol. The molecule has 0 radical (unpaired) electrons. The van der Waals surface area contributed by atoms with Gasteiger partial charge in [0, 0.05) is 29.7 Å². The van der Waals surface area contributed by atoms with E-state index in [1.807, 2.05) is 0 Å². The van der Waals surface area contributed by atoms with Crippen LogP contribution in [0.4, 0.5) is 0 Å². The molecule has 56 heavy (non-hydrogen) atoms. The number of hydrogen-bond acceptors (Lipinski definition) is 17. The third-order valence-electron chi connectivity index (χ3n) is 10.0. The Labute approximate surface area is 318 Å². The fourth-order valence-electron chi connectivity index (χ4n) is 6.96. The average molecular weight is 783 g/mol. The quantitative estimate of drug-likeness (QED) is 0.0754. The Hall–Kier alpha value is -5.24. The molecule has 1 aliphatic heterocycles. The molecule has 1 saturated carbocycles. The molecule has 17 nitrogen and oxygen atoms in total. The number of carbonyl (C=O) groups is 1. The molecule has 9 N–H and O–H groups in total. The number of ether oxygens (including phenoxy) is 5. The molecule has 0 spiro atoms. The number of aliphatic hydroxyl groups excluding tert-OH is 6. The second kappa shape index (κ2) is 16.9. The molecule has 0 unspecified atom stereocenters. The number of aromatic hydroxyl groups is 3. The van der Waals surface area contributed by atoms with Crippen LogP contribution in [0.3, 0.4) is 0 Å². The Kier molecular flexibility index (Phi) is 12.2. The Bertz CT molecular complexity index is 2110. The summed E-state index contributed by atoms with van der Waals surface area (Å²) in [6, 6.07) is 12.6. The topological polar surface area (TPSA) is 275 Å². The van der Waals surface area contributed by atoms with Crippen LogP contribution in [0.5, 0.6) is 28.7 Å². The molecule has 4 aromatic rings. The predicted molar refractivity (Wildman–Crippen MR) is 194 cm³/mol. The number of fused-ring (bicyclic) bond motifs is 1. The summed E-state index contributed by atoms with van der Waals surface area (Å²) in [6.07, 6.45) is -12.7. The SMILES string of the molecule is COc1cc(C=CC(=O)OC[C@@H]2C[C@@H](O[C@H]3[C@@H](O)[C@H](O)[C@@H](CO)O[C@H]3c3c(OC)cc4oc(-c5ccc(O)cc5)cc(=O)c4c3O)[C@H](O)[C@@H](O)[C@@H]2O)ccc1O. The summed E-state index contributed by atoms with van der Waals surface area (Å²) >= 11 is 0. The number of benzene rings is 3. The van der Waals surface area contributed by atoms with Crippen molar-refractivity contribution in [1.82, 2.24) is 0 Å². The zero-order chi connectivity index (χ0) is 40.4. The van der Waals surface area contributed by atoms with Gasteiger partial charge in [-0.3, -0.25) is 4.79 Å². The summed E-state index contributed by atoms with van der Waals surface area (Å²) in [6.45, 7) is -1.24. The van der Waals surface area contributed by atoms with Crippen molar-refractivity contribution in [2.24, 2.45) is 5.92 Å². The van der Waals surface area contributed by atoms with E-state index in [1.165, 1.54) is 68.8 Å². The molecule has 6 rings (SSSR count). The summed E-state index contributed by atoms with van der Waals surface area (Å²) in [5.41, 5.74) is -0.106. The second-order valence-corrected chi connectivity index (χ2v) is 13.5. The van der Waals surface area contributed by atoms with Crippen LogP contribution in [0, 0.1) is 5.92 Å². The number of phenolic OH excluding ortho intramolecular Hbond substituents is 3. The molecule has 3 aromatic carbocycles. The van der Waals surface area contributed by atoms with Gasteiger partial charge in [-0.05, 0) is 54.5 Å². The summed E-state index contributed by atoms with van der Waals surface area (Å²) < 4.78 is 34.0. The molecule has 2 fully saturated rings. The smallest absolute Gasteiger partial charge is 0.330 e. The van der Waals surface area contributed by atoms with Crippen molar-refractivity contribution in [3.63, 3.8) is 0 Å². The van der Waals surface area contributed by atoms with Gasteiger partial charge in [0.15, 0.2) is 16.9 Å². The van der Waals surface area contributed by atoms with Crippen LogP contribution < -0.4 is 14.9 Å². The standard InChI is InChI=1S/C39H42O17/c1-51-24-11-17(3-9-21(24)42)4-10-29(44)53-16-19-12-27(33(46)36(49)32(19)45)55-39-37(50)34(47)28(15-40)56-38(39)31-25(52-2)14-26-30(35(31)48)22(43)13-23(54-26)18-5-7-20(41)8-6-18/h3-11,13-14,19,27-28,32-34,36-42,45-50H,12,15-16H2,1-2H3/t19-,27+,28+,32+,33-,34+,36-,37-,38-,39-/m0/s1. The summed E-state index contributed by atoms with van der Waals surface area (Å²) in [5, 5.41) is 95.8. The average Bonchev–Trinajstić information content (AvgIpc) is 3.19. The van der Waals surface area contributed by atoms with Gasteiger partial charge in [-0.15, -0.1) is 0 Å². The lowest BCUT2D eigenvalue weighted by Gasteiger charge is -2.46. The maximum absolute atomic E-state index is 13.5. The fraction of sp³-hybridized carbons (Fsp3) is 0.385. The number of methoxy groups -OCH3 is 2. The molecule has 1 saturated heterocycles. The van der Waals surface area contributed by atoms with Gasteiger partial charge in [-0.2, -0.15) is 0 Å². The molecular formula is C39H42O17. The molecule has 17 heteroatoms. The first-order chi connectivity index (χ1) is 26.8. The first-order valence-corrected chi connectivity index (χ1v) is 17.5. The number of rotatable bonds is 11. The molecule has 1 aliphatic carbocycles. The first-order valence-electron chi connectivity index (χ1n) is 17.5. The first kappa shape index (κ1) is 40.4. The molecular weight excluding hydrogens is 740 g/mol. The highest BCUT2D eigenvalue weighted by atomic mass is 16.6. The maximum atomic E-state index is 13.5. The summed E-state index contributed by atoms with van der Waals surface area (Å²) in [7, 11) is 2.61. The summed E-state index contributed by atoms with van der Waals surface area (Å²) in [4.78, 5) is 26.1. The Morgan fingerprint density at radius 1 is 0.857 bits per heavy atom. The van der Waals surface area contributed by atoms with E-state index < -0.39 is 91.2 Å². The number of carbonyl (C=O) groups excluding carboxylic acids is 1. The third kappa shape index (κ3) is 8.02. The number of phenols is 3. The molecule has 0 bridgehead atoms. The van der Waals surface area contributed by atoms with Gasteiger partial charge in [0.1, 0.15) is 76.7 Å². The molecule has 0 amide bonds. The van der Waals surface area contributed by atoms with Crippen LogP contribution in [-0.4, -0.2) is 128 Å². The molecule has 300 valence electrons. The van der Waals surface area contributed by atoms with E-state index in [-0.39, 0.29) is 51.7 Å². The zero-order valence-corrected chi connectivity index (χ0v) is 30.0. The van der Waals surface area contributed by atoms with E-state index in [4.69, 9.17) is 28.1 Å². The molecule has 2 aliphatic rings. The Balaban J connectivity index is 1.28. The lowest BCUT2D eigenvalue weighted by atomic mass is 9.80. The zero-order valence-electron chi connectivity index (χ0n) is 30.0. The van der Waals surface area contributed by atoms with Crippen LogP contribution >= 0.6 is 0 Å². The lowest BCUT2D eigenvalue weighted by Crippen LogP contribution is -2.60. The molecule has 10 atom stereocenters. The Morgan fingerprint density at radius 2 is 1.57 bits per heavy atom. The van der Waals surface area contributed by atoms with Crippen molar-refractivity contribution in [1.29, 1.82) is 0 Å². The van der Waals surface area contributed by atoms with Gasteiger partial charge in [-0.1, -0.05) is 6.07 Å². The number of aliphatic hydroxyl groups is 6. The van der Waals surface area contributed by atoms with Gasteiger partial charge in [0.25, 0.3) is 0 Å². The van der Waals surface area contributed by atoms with E-state index >= 15 is 0 Å². The number of esters is 1. The van der Waals surface area contributed by atoms with Gasteiger partial charge in [0.2, 0.25) is 0 Å². The van der Waals surface area contributed by atoms with Crippen LogP contribution in [-0.2, 0) is 19.0 Å². The molecule has 1 aromatic heterocycles. The van der Waals surface area contributed by atoms with E-state index in [0.29, 0.717) is 11.1 Å². The highest BCUT2D eigenvalue weighted by Gasteiger charge is 2.51. The van der Waals surface area contributed by atoms with Crippen molar-refractivity contribution in [3.05, 3.63) is 82.0 Å². The summed E-state index contributed by atoms with van der Waals surface area (Å²) in [5.74, 6) is -2.49. The van der Waals surface area contributed by atoms with Gasteiger partial charge < -0.3 is 74.1 Å². The highest BCUT2D eigenvalue weighted by Crippen LogP contribution is 2.47. The third-order valence-corrected chi connectivity index (χ3v) is 10.0. The van der Waals surface area contributed by atoms with Crippen molar-refractivity contribution in [2.75, 3.05) is 27.4 Å². The largest absolute Gasteiger partial charge is 0.508 e. The highest BCUT2D eigenvalue weighted by molar-refractivity contribution is 5.88. The van der Waals surface area contributed by atoms with Gasteiger partial charge in [0.05, 0.1) is 45.2 Å². The van der Waals surface area contributed by atoms with Crippen molar-refractivity contribution in [2.45, 2.75) is 61.4 Å². The number of hydrogen-bond donors (Lipinski definition) is 9. The fourth-order valence-corrected chi connectivity index (χ4v) is 6.96. The second-order valence-electron chi connectivity index (χ2n) is 13.5. The predicted octanol–water partition coefficient (Wildman–Crippen LogP) is 0.861. The van der Waals surface area contributed by atoms with E-state index in [2.05, 4.69) is 0 Å². The van der Waals surface area contributed by atoms with Crippen molar-refractivity contribution in [3.8, 4) is 40.1 Å². The van der Waals surface area contributed by atoms with Crippen LogP contribution in [0.1, 0.15) is 23.7 Å². The minimum Gasteiger partial charge on any atom is -0.508 e. The van der Waals surface area contributed by atoms with Crippen LogP contribution in [0.15, 0.2) is 69.9 Å². The lowest BCUT2D eigenvalue weighted by molar-refractivity contribution is -0.274. The van der Waals surface area contributed by atoms with Gasteiger partial charge in [-0.25, -0.2) is 4.79 Å². The minimum absolute atomic E-state index is 0.0125. The van der Waals surface area contributed by atoms with E-state index in [9.17, 15) is 55.5 Å². The van der Waals surface area contributed by atoms with Crippen LogP contribution in [0.2, 0.25) is 0 Å². The van der Waals surface area contributed by atoms with Gasteiger partial charge >= 0.3 is 5.97 Å². The Morgan fingerprint density at radius 3 is 2.25 bits per heavy atom. The van der Waals surface area contributed by atoms with Crippen molar-refractivity contribution >= 4 is 23.0 Å².